The molecule has 1 aromatic heterocycles. The maximum atomic E-state index is 12.7. The Morgan fingerprint density at radius 2 is 2.07 bits per heavy atom. The molecular formula is C19H15BrN2O3S3. The summed E-state index contributed by atoms with van der Waals surface area (Å²) in [6.45, 7) is 0.307. The molecule has 0 spiro atoms. The molecule has 1 aliphatic rings. The Labute approximate surface area is 184 Å². The second-order valence-corrected chi connectivity index (χ2v) is 9.44. The quantitative estimate of drug-likeness (QED) is 0.425. The molecule has 1 N–H and O–H groups in total. The van der Waals surface area contributed by atoms with Crippen molar-refractivity contribution in [1.29, 1.82) is 0 Å². The van der Waals surface area contributed by atoms with E-state index >= 15 is 0 Å². The lowest BCUT2D eigenvalue weighted by atomic mass is 10.2. The van der Waals surface area contributed by atoms with Crippen molar-refractivity contribution in [3.63, 3.8) is 0 Å². The fourth-order valence-corrected chi connectivity index (χ4v) is 4.85. The van der Waals surface area contributed by atoms with Gasteiger partial charge in [-0.1, -0.05) is 57.7 Å². The van der Waals surface area contributed by atoms with E-state index in [2.05, 4.69) is 20.9 Å². The molecule has 1 aromatic carbocycles. The van der Waals surface area contributed by atoms with E-state index < -0.39 is 5.97 Å². The number of carboxylic acids is 1. The standard InChI is InChI=1S/C19H15BrN2O3S3/c20-13-5-7-14(8-6-13)27-17-12(3-1-9-21-17)11-15-18(25)22(19(26)28-15)10-2-4-16(23)24/h1,3,5-9,11H,2,4,10H2,(H,23,24). The number of aromatic nitrogens is 1. The number of hydrogen-bond donors (Lipinski definition) is 1. The highest BCUT2D eigenvalue weighted by atomic mass is 79.9. The number of rotatable bonds is 7. The van der Waals surface area contributed by atoms with Crippen molar-refractivity contribution in [1.82, 2.24) is 9.88 Å². The van der Waals surface area contributed by atoms with Crippen LogP contribution in [0.5, 0.6) is 0 Å². The van der Waals surface area contributed by atoms with Crippen LogP contribution in [0.2, 0.25) is 0 Å². The number of pyridine rings is 1. The summed E-state index contributed by atoms with van der Waals surface area (Å²) >= 11 is 11.5. The third-order valence-corrected chi connectivity index (χ3v) is 6.71. The Balaban J connectivity index is 1.78. The van der Waals surface area contributed by atoms with E-state index in [4.69, 9.17) is 17.3 Å². The molecule has 2 aromatic rings. The summed E-state index contributed by atoms with van der Waals surface area (Å²) < 4.78 is 1.46. The van der Waals surface area contributed by atoms with Gasteiger partial charge in [0.15, 0.2) is 0 Å². The molecule has 0 unspecified atom stereocenters. The molecular weight excluding hydrogens is 480 g/mol. The maximum absolute atomic E-state index is 12.7. The van der Waals surface area contributed by atoms with Crippen LogP contribution in [0.25, 0.3) is 6.08 Å². The van der Waals surface area contributed by atoms with Crippen LogP contribution in [0.1, 0.15) is 18.4 Å². The Bertz CT molecular complexity index is 948. The minimum Gasteiger partial charge on any atom is -0.481 e. The van der Waals surface area contributed by atoms with Gasteiger partial charge in [-0.15, -0.1) is 0 Å². The van der Waals surface area contributed by atoms with Crippen LogP contribution in [0, 0.1) is 0 Å². The number of halogens is 1. The number of hydrogen-bond acceptors (Lipinski definition) is 6. The summed E-state index contributed by atoms with van der Waals surface area (Å²) in [6, 6.07) is 11.7. The van der Waals surface area contributed by atoms with Gasteiger partial charge in [0, 0.05) is 34.1 Å². The third-order valence-electron chi connectivity index (χ3n) is 3.76. The van der Waals surface area contributed by atoms with Gasteiger partial charge in [-0.05, 0) is 42.8 Å². The van der Waals surface area contributed by atoms with Crippen LogP contribution in [0.4, 0.5) is 0 Å². The highest BCUT2D eigenvalue weighted by Crippen LogP contribution is 2.35. The average molecular weight is 495 g/mol. The van der Waals surface area contributed by atoms with E-state index in [1.54, 1.807) is 12.3 Å². The molecule has 2 heterocycles. The SMILES string of the molecule is O=C(O)CCCN1C(=O)C(=Cc2cccnc2Sc2ccc(Br)cc2)SC1=S. The van der Waals surface area contributed by atoms with Crippen LogP contribution in [0.15, 0.2) is 61.9 Å². The minimum absolute atomic E-state index is 0.00664. The van der Waals surface area contributed by atoms with Gasteiger partial charge in [0.2, 0.25) is 0 Å². The first-order valence-corrected chi connectivity index (χ1v) is 11.1. The smallest absolute Gasteiger partial charge is 0.303 e. The van der Waals surface area contributed by atoms with Gasteiger partial charge >= 0.3 is 5.97 Å². The molecule has 0 bridgehead atoms. The zero-order chi connectivity index (χ0) is 20.1. The van der Waals surface area contributed by atoms with E-state index in [0.29, 0.717) is 22.2 Å². The monoisotopic (exact) mass is 494 g/mol. The molecule has 0 aliphatic carbocycles. The molecule has 0 radical (unpaired) electrons. The number of amides is 1. The van der Waals surface area contributed by atoms with E-state index in [0.717, 1.165) is 20.0 Å². The Hall–Kier alpha value is -1.68. The second kappa shape index (κ2) is 9.69. The summed E-state index contributed by atoms with van der Waals surface area (Å²) in [5, 5.41) is 9.56. The third kappa shape index (κ3) is 5.44. The highest BCUT2D eigenvalue weighted by Gasteiger charge is 2.31. The van der Waals surface area contributed by atoms with Crippen molar-refractivity contribution < 1.29 is 14.7 Å². The lowest BCUT2D eigenvalue weighted by Crippen LogP contribution is -2.29. The number of carboxylic acid groups (broad SMARTS) is 1. The minimum atomic E-state index is -0.883. The molecule has 1 fully saturated rings. The van der Waals surface area contributed by atoms with Crippen LogP contribution in [0.3, 0.4) is 0 Å². The van der Waals surface area contributed by atoms with E-state index in [1.165, 1.54) is 28.4 Å². The van der Waals surface area contributed by atoms with Gasteiger partial charge < -0.3 is 5.11 Å². The molecule has 1 saturated heterocycles. The van der Waals surface area contributed by atoms with Crippen molar-refractivity contribution in [2.45, 2.75) is 22.8 Å². The van der Waals surface area contributed by atoms with Gasteiger partial charge in [0.25, 0.3) is 5.91 Å². The summed E-state index contributed by atoms with van der Waals surface area (Å²) in [5.41, 5.74) is 0.835. The zero-order valence-electron chi connectivity index (χ0n) is 14.5. The Morgan fingerprint density at radius 3 is 2.79 bits per heavy atom. The number of thiocarbonyl (C=S) groups is 1. The van der Waals surface area contributed by atoms with Gasteiger partial charge in [-0.25, -0.2) is 4.98 Å². The Morgan fingerprint density at radius 1 is 1.32 bits per heavy atom. The second-order valence-electron chi connectivity index (χ2n) is 5.78. The van der Waals surface area contributed by atoms with Gasteiger partial charge in [0.1, 0.15) is 9.35 Å². The van der Waals surface area contributed by atoms with Crippen molar-refractivity contribution in [2.75, 3.05) is 6.54 Å². The summed E-state index contributed by atoms with van der Waals surface area (Å²) in [4.78, 5) is 30.8. The number of nitrogens with zero attached hydrogens (tertiary/aromatic N) is 2. The van der Waals surface area contributed by atoms with Crippen LogP contribution in [-0.2, 0) is 9.59 Å². The maximum Gasteiger partial charge on any atom is 0.303 e. The molecule has 9 heteroatoms. The molecule has 0 atom stereocenters. The number of carbonyl (C=O) groups is 2. The normalized spacial score (nSPS) is 15.5. The topological polar surface area (TPSA) is 70.5 Å². The lowest BCUT2D eigenvalue weighted by molar-refractivity contribution is -0.137. The summed E-state index contributed by atoms with van der Waals surface area (Å²) in [7, 11) is 0. The highest BCUT2D eigenvalue weighted by molar-refractivity contribution is 9.10. The lowest BCUT2D eigenvalue weighted by Gasteiger charge is -2.13. The van der Waals surface area contributed by atoms with Crippen molar-refractivity contribution >= 4 is 73.9 Å². The van der Waals surface area contributed by atoms with Gasteiger partial charge in [-0.3, -0.25) is 14.5 Å². The molecule has 0 saturated carbocycles. The van der Waals surface area contributed by atoms with Crippen LogP contribution in [-0.4, -0.2) is 37.7 Å². The predicted octanol–water partition coefficient (Wildman–Crippen LogP) is 5.06. The van der Waals surface area contributed by atoms with Crippen LogP contribution >= 0.6 is 51.7 Å². The fraction of sp³-hybridized carbons (Fsp3) is 0.158. The molecule has 144 valence electrons. The number of benzene rings is 1. The fourth-order valence-electron chi connectivity index (χ4n) is 2.44. The van der Waals surface area contributed by atoms with Gasteiger partial charge in [0.05, 0.1) is 4.91 Å². The number of carbonyl (C=O) groups excluding carboxylic acids is 1. The van der Waals surface area contributed by atoms with Crippen molar-refractivity contribution in [2.24, 2.45) is 0 Å². The average Bonchev–Trinajstić information content (AvgIpc) is 2.92. The predicted molar refractivity (Wildman–Crippen MR) is 119 cm³/mol. The molecule has 5 nitrogen and oxygen atoms in total. The molecule has 3 rings (SSSR count). The number of thioether (sulfide) groups is 1. The zero-order valence-corrected chi connectivity index (χ0v) is 18.5. The number of aliphatic carboxylic acids is 1. The first kappa shape index (κ1) is 21.0. The van der Waals surface area contributed by atoms with E-state index in [9.17, 15) is 9.59 Å². The molecule has 1 aliphatic heterocycles. The van der Waals surface area contributed by atoms with E-state index in [1.807, 2.05) is 36.4 Å². The first-order chi connectivity index (χ1) is 13.4. The largest absolute Gasteiger partial charge is 0.481 e. The first-order valence-electron chi connectivity index (χ1n) is 8.29. The van der Waals surface area contributed by atoms with Crippen molar-refractivity contribution in [3.8, 4) is 0 Å². The van der Waals surface area contributed by atoms with Gasteiger partial charge in [-0.2, -0.15) is 0 Å². The molecule has 28 heavy (non-hydrogen) atoms. The van der Waals surface area contributed by atoms with E-state index in [-0.39, 0.29) is 12.3 Å². The van der Waals surface area contributed by atoms with Crippen molar-refractivity contribution in [3.05, 3.63) is 57.5 Å². The summed E-state index contributed by atoms with van der Waals surface area (Å²) in [5.74, 6) is -1.07. The van der Waals surface area contributed by atoms with Crippen LogP contribution < -0.4 is 0 Å². The Kier molecular flexibility index (Phi) is 7.28. The molecule has 1 amide bonds. The summed E-state index contributed by atoms with van der Waals surface area (Å²) in [6.07, 6.45) is 3.89.